The smallest absolute Gasteiger partial charge is 0.240 e. The van der Waals surface area contributed by atoms with Gasteiger partial charge in [-0.1, -0.05) is 6.07 Å². The van der Waals surface area contributed by atoms with Crippen LogP contribution in [0.3, 0.4) is 0 Å². The average molecular weight is 423 g/mol. The third-order valence-electron chi connectivity index (χ3n) is 4.35. The first-order valence-electron chi connectivity index (χ1n) is 8.66. The van der Waals surface area contributed by atoms with Gasteiger partial charge in [0.25, 0.3) is 0 Å². The molecule has 150 valence electrons. The van der Waals surface area contributed by atoms with E-state index in [1.807, 2.05) is 12.1 Å². The average Bonchev–Trinajstić information content (AvgIpc) is 2.68. The zero-order valence-electron chi connectivity index (χ0n) is 15.8. The van der Waals surface area contributed by atoms with E-state index in [0.29, 0.717) is 23.6 Å². The molecule has 28 heavy (non-hydrogen) atoms. The Kier molecular flexibility index (Phi) is 6.17. The highest BCUT2D eigenvalue weighted by Gasteiger charge is 2.25. The summed E-state index contributed by atoms with van der Waals surface area (Å²) in [7, 11) is -0.534. The highest BCUT2D eigenvalue weighted by molar-refractivity contribution is 8.01. The van der Waals surface area contributed by atoms with Crippen LogP contribution in [-0.2, 0) is 21.2 Å². The molecule has 0 bridgehead atoms. The lowest BCUT2D eigenvalue weighted by Gasteiger charge is -2.21. The zero-order valence-corrected chi connectivity index (χ0v) is 17.4. The van der Waals surface area contributed by atoms with Crippen LogP contribution in [0.1, 0.15) is 12.5 Å². The summed E-state index contributed by atoms with van der Waals surface area (Å²) in [5, 5.41) is 2.52. The fraction of sp³-hybridized carbons (Fsp3) is 0.316. The quantitative estimate of drug-likeness (QED) is 0.713. The summed E-state index contributed by atoms with van der Waals surface area (Å²) in [6.07, 6.45) is 0.506. The van der Waals surface area contributed by atoms with Crippen molar-refractivity contribution in [2.24, 2.45) is 0 Å². The fourth-order valence-corrected chi connectivity index (χ4v) is 4.92. The van der Waals surface area contributed by atoms with Gasteiger partial charge < -0.3 is 14.8 Å². The van der Waals surface area contributed by atoms with Crippen molar-refractivity contribution in [2.75, 3.05) is 26.1 Å². The lowest BCUT2D eigenvalue weighted by atomic mass is 10.1. The summed E-state index contributed by atoms with van der Waals surface area (Å²) in [5.74, 6) is 1.14. The Morgan fingerprint density at radius 3 is 2.57 bits per heavy atom. The van der Waals surface area contributed by atoms with Gasteiger partial charge >= 0.3 is 0 Å². The molecule has 1 amide bonds. The molecule has 2 aromatic rings. The second-order valence-electron chi connectivity index (χ2n) is 6.24. The van der Waals surface area contributed by atoms with Crippen molar-refractivity contribution in [1.29, 1.82) is 0 Å². The molecule has 1 unspecified atom stereocenters. The molecule has 7 nitrogen and oxygen atoms in total. The Bertz CT molecular complexity index is 992. The second kappa shape index (κ2) is 8.42. The van der Waals surface area contributed by atoms with E-state index in [2.05, 4.69) is 10.0 Å². The molecular formula is C19H22N2O5S2. The SMILES string of the molecule is COc1ccc(CCNS(=O)(=O)c2ccc3c(c2)SC(C)C(=O)N3)cc1OC. The minimum atomic E-state index is -3.66. The van der Waals surface area contributed by atoms with Crippen molar-refractivity contribution in [3.8, 4) is 11.5 Å². The first kappa shape index (κ1) is 20.5. The van der Waals surface area contributed by atoms with Crippen molar-refractivity contribution in [3.05, 3.63) is 42.0 Å². The van der Waals surface area contributed by atoms with Gasteiger partial charge in [0.2, 0.25) is 15.9 Å². The van der Waals surface area contributed by atoms with Crippen molar-refractivity contribution in [3.63, 3.8) is 0 Å². The van der Waals surface area contributed by atoms with Crippen LogP contribution in [0.5, 0.6) is 11.5 Å². The van der Waals surface area contributed by atoms with Crippen LogP contribution >= 0.6 is 11.8 Å². The van der Waals surface area contributed by atoms with Gasteiger partial charge in [0.15, 0.2) is 11.5 Å². The molecule has 0 radical (unpaired) electrons. The van der Waals surface area contributed by atoms with Crippen molar-refractivity contribution in [2.45, 2.75) is 28.4 Å². The third-order valence-corrected chi connectivity index (χ3v) is 6.97. The molecule has 0 aromatic heterocycles. The Balaban J connectivity index is 1.68. The van der Waals surface area contributed by atoms with Gasteiger partial charge in [-0.05, 0) is 49.2 Å². The summed E-state index contributed by atoms with van der Waals surface area (Å²) in [6, 6.07) is 10.2. The van der Waals surface area contributed by atoms with E-state index >= 15 is 0 Å². The monoisotopic (exact) mass is 422 g/mol. The Morgan fingerprint density at radius 2 is 1.86 bits per heavy atom. The number of carbonyl (C=O) groups is 1. The number of hydrogen-bond donors (Lipinski definition) is 2. The van der Waals surface area contributed by atoms with Crippen LogP contribution in [0, 0.1) is 0 Å². The zero-order chi connectivity index (χ0) is 20.3. The minimum Gasteiger partial charge on any atom is -0.493 e. The van der Waals surface area contributed by atoms with Gasteiger partial charge in [-0.25, -0.2) is 13.1 Å². The third kappa shape index (κ3) is 4.43. The number of rotatable bonds is 7. The molecule has 2 N–H and O–H groups in total. The number of methoxy groups -OCH3 is 2. The largest absolute Gasteiger partial charge is 0.493 e. The molecule has 1 aliphatic rings. The molecule has 1 heterocycles. The van der Waals surface area contributed by atoms with Crippen molar-refractivity contribution < 1.29 is 22.7 Å². The number of hydrogen-bond acceptors (Lipinski definition) is 6. The standard InChI is InChI=1S/C19H22N2O5S2/c1-12-19(22)21-15-6-5-14(11-18(15)27-12)28(23,24)20-9-8-13-4-7-16(25-2)17(10-13)26-3/h4-7,10-12,20H,8-9H2,1-3H3,(H,21,22). The summed E-state index contributed by atoms with van der Waals surface area (Å²) >= 11 is 1.35. The van der Waals surface area contributed by atoms with Crippen LogP contribution in [0.25, 0.3) is 0 Å². The minimum absolute atomic E-state index is 0.0823. The van der Waals surface area contributed by atoms with E-state index in [9.17, 15) is 13.2 Å². The molecule has 0 fully saturated rings. The topological polar surface area (TPSA) is 93.7 Å². The highest BCUT2D eigenvalue weighted by Crippen LogP contribution is 2.36. The van der Waals surface area contributed by atoms with Gasteiger partial charge in [-0.15, -0.1) is 11.8 Å². The number of sulfonamides is 1. The second-order valence-corrected chi connectivity index (χ2v) is 9.39. The number of ether oxygens (including phenoxy) is 2. The molecule has 0 saturated carbocycles. The highest BCUT2D eigenvalue weighted by atomic mass is 32.2. The molecule has 1 atom stereocenters. The van der Waals surface area contributed by atoms with E-state index in [4.69, 9.17) is 9.47 Å². The maximum atomic E-state index is 12.6. The van der Waals surface area contributed by atoms with Crippen LogP contribution in [-0.4, -0.2) is 40.3 Å². The van der Waals surface area contributed by atoms with Gasteiger partial charge in [0.1, 0.15) is 0 Å². The molecule has 9 heteroatoms. The van der Waals surface area contributed by atoms with Crippen LogP contribution < -0.4 is 19.5 Å². The molecule has 0 aliphatic carbocycles. The van der Waals surface area contributed by atoms with Gasteiger partial charge in [-0.3, -0.25) is 4.79 Å². The normalized spacial score (nSPS) is 16.2. The first-order valence-corrected chi connectivity index (χ1v) is 11.0. The summed E-state index contributed by atoms with van der Waals surface area (Å²) in [4.78, 5) is 12.6. The summed E-state index contributed by atoms with van der Waals surface area (Å²) in [5.41, 5.74) is 1.57. The number of carbonyl (C=O) groups excluding carboxylic acids is 1. The number of thioether (sulfide) groups is 1. The van der Waals surface area contributed by atoms with Gasteiger partial charge in [0.05, 0.1) is 30.1 Å². The summed E-state index contributed by atoms with van der Waals surface area (Å²) < 4.78 is 38.3. The van der Waals surface area contributed by atoms with E-state index in [-0.39, 0.29) is 22.6 Å². The number of nitrogens with one attached hydrogen (secondary N) is 2. The van der Waals surface area contributed by atoms with E-state index in [0.717, 1.165) is 10.5 Å². The van der Waals surface area contributed by atoms with Crippen molar-refractivity contribution >= 4 is 33.4 Å². The van der Waals surface area contributed by atoms with Gasteiger partial charge in [-0.2, -0.15) is 0 Å². The number of benzene rings is 2. The van der Waals surface area contributed by atoms with Crippen LogP contribution in [0.4, 0.5) is 5.69 Å². The Hall–Kier alpha value is -2.23. The predicted molar refractivity (Wildman–Crippen MR) is 109 cm³/mol. The summed E-state index contributed by atoms with van der Waals surface area (Å²) in [6.45, 7) is 2.03. The maximum absolute atomic E-state index is 12.6. The van der Waals surface area contributed by atoms with E-state index in [1.165, 1.54) is 17.8 Å². The molecule has 1 aliphatic heterocycles. The maximum Gasteiger partial charge on any atom is 0.240 e. The lowest BCUT2D eigenvalue weighted by molar-refractivity contribution is -0.115. The molecular weight excluding hydrogens is 400 g/mol. The Morgan fingerprint density at radius 1 is 1.11 bits per heavy atom. The molecule has 0 saturated heterocycles. The fourth-order valence-electron chi connectivity index (χ4n) is 2.80. The van der Waals surface area contributed by atoms with Crippen LogP contribution in [0.2, 0.25) is 0 Å². The van der Waals surface area contributed by atoms with Crippen LogP contribution in [0.15, 0.2) is 46.2 Å². The molecule has 3 rings (SSSR count). The number of fused-ring (bicyclic) bond motifs is 1. The van der Waals surface area contributed by atoms with E-state index in [1.54, 1.807) is 39.3 Å². The molecule has 2 aromatic carbocycles. The molecule has 0 spiro atoms. The number of anilines is 1. The number of amides is 1. The lowest BCUT2D eigenvalue weighted by Crippen LogP contribution is -2.28. The van der Waals surface area contributed by atoms with Gasteiger partial charge in [0, 0.05) is 11.4 Å². The first-order chi connectivity index (χ1) is 13.3. The van der Waals surface area contributed by atoms with E-state index < -0.39 is 10.0 Å². The predicted octanol–water partition coefficient (Wildman–Crippen LogP) is 2.66. The van der Waals surface area contributed by atoms with Crippen molar-refractivity contribution in [1.82, 2.24) is 4.72 Å². The Labute approximate surface area is 168 Å².